The van der Waals surface area contributed by atoms with Gasteiger partial charge in [0.2, 0.25) is 10.0 Å². The van der Waals surface area contributed by atoms with Crippen LogP contribution in [-0.4, -0.2) is 39.0 Å². The number of hydrogen-bond donors (Lipinski definition) is 2. The summed E-state index contributed by atoms with van der Waals surface area (Å²) in [5, 5.41) is 0. The molecule has 1 rings (SSSR count). The molecule has 0 aromatic heterocycles. The fourth-order valence-electron chi connectivity index (χ4n) is 2.66. The zero-order chi connectivity index (χ0) is 14.5. The maximum atomic E-state index is 12.1. The monoisotopic (exact) mass is 328 g/mol. The van der Waals surface area contributed by atoms with Crippen LogP contribution < -0.4 is 10.5 Å². The van der Waals surface area contributed by atoms with Gasteiger partial charge in [-0.2, -0.15) is 0 Å². The molecule has 0 aliphatic heterocycles. The predicted molar refractivity (Wildman–Crippen MR) is 84.7 cm³/mol. The van der Waals surface area contributed by atoms with Crippen molar-refractivity contribution in [1.82, 2.24) is 4.72 Å². The van der Waals surface area contributed by atoms with Crippen molar-refractivity contribution in [2.45, 2.75) is 58.1 Å². The number of nitrogens with one attached hydrogen (secondary N) is 1. The van der Waals surface area contributed by atoms with E-state index in [2.05, 4.69) is 11.6 Å². The maximum Gasteiger partial charge on any atom is 0.214 e. The van der Waals surface area contributed by atoms with E-state index < -0.39 is 15.6 Å². The molecule has 0 aromatic rings. The van der Waals surface area contributed by atoms with E-state index in [-0.39, 0.29) is 36.8 Å². The Bertz CT molecular complexity index is 376. The molecule has 1 aliphatic rings. The van der Waals surface area contributed by atoms with Crippen molar-refractivity contribution in [1.29, 1.82) is 0 Å². The average Bonchev–Trinajstić information content (AvgIpc) is 2.31. The fraction of sp³-hybridized carbons (Fsp3) is 1.00. The van der Waals surface area contributed by atoms with Crippen LogP contribution in [0.1, 0.15) is 46.5 Å². The van der Waals surface area contributed by atoms with Crippen LogP contribution in [0.15, 0.2) is 0 Å². The first-order valence-corrected chi connectivity index (χ1v) is 8.80. The first-order chi connectivity index (χ1) is 8.81. The molecule has 2 unspecified atom stereocenters. The normalized spacial score (nSPS) is 27.4. The molecule has 0 spiro atoms. The van der Waals surface area contributed by atoms with Gasteiger partial charge in [-0.15, -0.1) is 12.4 Å². The standard InChI is InChI=1S/C13H28N2O3S.ClH/c1-11(2)18-8-9-19(16,17)15-13(10-14)7-5-4-6-12(13)3;/h11-12,15H,4-10,14H2,1-3H3;1H. The Labute approximate surface area is 129 Å². The lowest BCUT2D eigenvalue weighted by Gasteiger charge is -2.42. The largest absolute Gasteiger partial charge is 0.378 e. The third-order valence-corrected chi connectivity index (χ3v) is 5.40. The van der Waals surface area contributed by atoms with Gasteiger partial charge in [0, 0.05) is 12.1 Å². The van der Waals surface area contributed by atoms with Crippen molar-refractivity contribution >= 4 is 22.4 Å². The Morgan fingerprint density at radius 1 is 1.40 bits per heavy atom. The van der Waals surface area contributed by atoms with Gasteiger partial charge < -0.3 is 10.5 Å². The molecule has 1 aliphatic carbocycles. The summed E-state index contributed by atoms with van der Waals surface area (Å²) >= 11 is 0. The Morgan fingerprint density at radius 3 is 2.55 bits per heavy atom. The van der Waals surface area contributed by atoms with Crippen LogP contribution in [-0.2, 0) is 14.8 Å². The Balaban J connectivity index is 0.00000361. The highest BCUT2D eigenvalue weighted by Crippen LogP contribution is 2.33. The number of sulfonamides is 1. The van der Waals surface area contributed by atoms with E-state index in [0.29, 0.717) is 6.54 Å². The van der Waals surface area contributed by atoms with Gasteiger partial charge in [0.05, 0.1) is 18.5 Å². The first kappa shape index (κ1) is 20.1. The Kier molecular flexibility index (Phi) is 8.59. The predicted octanol–water partition coefficient (Wildman–Crippen LogP) is 1.66. The van der Waals surface area contributed by atoms with Gasteiger partial charge in [0.1, 0.15) is 0 Å². The number of rotatable bonds is 7. The van der Waals surface area contributed by atoms with Crippen molar-refractivity contribution in [3.8, 4) is 0 Å². The highest BCUT2D eigenvalue weighted by atomic mass is 35.5. The molecule has 0 saturated heterocycles. The lowest BCUT2D eigenvalue weighted by Crippen LogP contribution is -2.59. The SMILES string of the molecule is CC(C)OCCS(=O)(=O)NC1(CN)CCCCC1C.Cl. The molecule has 0 amide bonds. The van der Waals surface area contributed by atoms with Crippen LogP contribution >= 0.6 is 12.4 Å². The van der Waals surface area contributed by atoms with E-state index >= 15 is 0 Å². The van der Waals surface area contributed by atoms with Gasteiger partial charge in [-0.3, -0.25) is 0 Å². The lowest BCUT2D eigenvalue weighted by molar-refractivity contribution is 0.0908. The minimum Gasteiger partial charge on any atom is -0.378 e. The molecule has 2 atom stereocenters. The van der Waals surface area contributed by atoms with Gasteiger partial charge >= 0.3 is 0 Å². The fourth-order valence-corrected chi connectivity index (χ4v) is 4.09. The molecule has 122 valence electrons. The van der Waals surface area contributed by atoms with Gasteiger partial charge in [0.25, 0.3) is 0 Å². The van der Waals surface area contributed by atoms with Crippen LogP contribution in [0.5, 0.6) is 0 Å². The Morgan fingerprint density at radius 2 is 2.05 bits per heavy atom. The lowest BCUT2D eigenvalue weighted by atomic mass is 9.74. The second-order valence-electron chi connectivity index (χ2n) is 5.85. The number of ether oxygens (including phenoxy) is 1. The third kappa shape index (κ3) is 5.85. The quantitative estimate of drug-likeness (QED) is 0.744. The van der Waals surface area contributed by atoms with E-state index in [1.807, 2.05) is 13.8 Å². The summed E-state index contributed by atoms with van der Waals surface area (Å²) < 4.78 is 32.4. The third-order valence-electron chi connectivity index (χ3n) is 3.98. The van der Waals surface area contributed by atoms with Crippen molar-refractivity contribution < 1.29 is 13.2 Å². The smallest absolute Gasteiger partial charge is 0.214 e. The second-order valence-corrected chi connectivity index (χ2v) is 7.69. The number of hydrogen-bond acceptors (Lipinski definition) is 4. The summed E-state index contributed by atoms with van der Waals surface area (Å²) in [5.74, 6) is 0.284. The van der Waals surface area contributed by atoms with Crippen LogP contribution in [0.2, 0.25) is 0 Å². The molecule has 5 nitrogen and oxygen atoms in total. The van der Waals surface area contributed by atoms with Crippen LogP contribution in [0.4, 0.5) is 0 Å². The zero-order valence-corrected chi connectivity index (χ0v) is 14.4. The van der Waals surface area contributed by atoms with E-state index in [9.17, 15) is 8.42 Å². The van der Waals surface area contributed by atoms with E-state index in [4.69, 9.17) is 10.5 Å². The minimum atomic E-state index is -3.34. The van der Waals surface area contributed by atoms with Gasteiger partial charge in [-0.1, -0.05) is 19.8 Å². The molecular formula is C13H29ClN2O3S. The molecule has 1 saturated carbocycles. The minimum absolute atomic E-state index is 0. The van der Waals surface area contributed by atoms with E-state index in [0.717, 1.165) is 25.7 Å². The summed E-state index contributed by atoms with van der Waals surface area (Å²) in [4.78, 5) is 0. The van der Waals surface area contributed by atoms with Crippen LogP contribution in [0, 0.1) is 5.92 Å². The topological polar surface area (TPSA) is 81.4 Å². The second kappa shape index (κ2) is 8.54. The highest BCUT2D eigenvalue weighted by molar-refractivity contribution is 7.89. The van der Waals surface area contributed by atoms with Gasteiger partial charge in [0.15, 0.2) is 0 Å². The summed E-state index contributed by atoms with van der Waals surface area (Å²) in [6.45, 7) is 6.45. The van der Waals surface area contributed by atoms with Crippen LogP contribution in [0.3, 0.4) is 0 Å². The summed E-state index contributed by atoms with van der Waals surface area (Å²) in [6.07, 6.45) is 4.09. The van der Waals surface area contributed by atoms with Gasteiger partial charge in [-0.05, 0) is 32.6 Å². The number of halogens is 1. The van der Waals surface area contributed by atoms with E-state index in [1.54, 1.807) is 0 Å². The average molecular weight is 329 g/mol. The molecule has 0 radical (unpaired) electrons. The van der Waals surface area contributed by atoms with E-state index in [1.165, 1.54) is 0 Å². The van der Waals surface area contributed by atoms with Crippen molar-refractivity contribution in [2.75, 3.05) is 18.9 Å². The molecule has 0 heterocycles. The molecular weight excluding hydrogens is 300 g/mol. The molecule has 1 fully saturated rings. The van der Waals surface area contributed by atoms with Crippen LogP contribution in [0.25, 0.3) is 0 Å². The molecule has 20 heavy (non-hydrogen) atoms. The Hall–Kier alpha value is 0.120. The van der Waals surface area contributed by atoms with Crippen molar-refractivity contribution in [2.24, 2.45) is 11.7 Å². The van der Waals surface area contributed by atoms with Gasteiger partial charge in [-0.25, -0.2) is 13.1 Å². The number of nitrogens with two attached hydrogens (primary N) is 1. The summed E-state index contributed by atoms with van der Waals surface area (Å²) in [5.41, 5.74) is 5.39. The molecule has 7 heteroatoms. The zero-order valence-electron chi connectivity index (χ0n) is 12.7. The molecule has 0 bridgehead atoms. The summed E-state index contributed by atoms with van der Waals surface area (Å²) in [7, 11) is -3.34. The highest BCUT2D eigenvalue weighted by Gasteiger charge is 2.39. The van der Waals surface area contributed by atoms with Crippen molar-refractivity contribution in [3.05, 3.63) is 0 Å². The van der Waals surface area contributed by atoms with Crippen molar-refractivity contribution in [3.63, 3.8) is 0 Å². The maximum absolute atomic E-state index is 12.1. The molecule has 3 N–H and O–H groups in total. The molecule has 0 aromatic carbocycles. The summed E-state index contributed by atoms with van der Waals surface area (Å²) in [6, 6.07) is 0. The first-order valence-electron chi connectivity index (χ1n) is 7.14.